The number of carbonyl (C=O) groups excluding carboxylic acids is 1. The first-order valence-electron chi connectivity index (χ1n) is 7.95. The Morgan fingerprint density at radius 3 is 2.75 bits per heavy atom. The zero-order valence-electron chi connectivity index (χ0n) is 13.7. The molecule has 0 unspecified atom stereocenters. The van der Waals surface area contributed by atoms with Crippen molar-refractivity contribution in [1.82, 2.24) is 14.3 Å². The van der Waals surface area contributed by atoms with Crippen molar-refractivity contribution in [1.29, 1.82) is 0 Å². The normalized spacial score (nSPS) is 10.9. The predicted octanol–water partition coefficient (Wildman–Crippen LogP) is 2.44. The highest BCUT2D eigenvalue weighted by Gasteiger charge is 2.17. The number of hydrogen-bond acceptors (Lipinski definition) is 4. The van der Waals surface area contributed by atoms with Crippen molar-refractivity contribution < 1.29 is 9.53 Å². The maximum absolute atomic E-state index is 12.3. The molecule has 0 aliphatic heterocycles. The van der Waals surface area contributed by atoms with Crippen LogP contribution in [0.5, 0.6) is 0 Å². The number of ether oxygens (including phenoxy) is 1. The van der Waals surface area contributed by atoms with Crippen molar-refractivity contribution in [3.05, 3.63) is 64.2 Å². The molecule has 124 valence electrons. The monoisotopic (exact) mass is 325 g/mol. The summed E-state index contributed by atoms with van der Waals surface area (Å²) in [6.45, 7) is 5.22. The molecule has 0 atom stereocenters. The molecular weight excluding hydrogens is 306 g/mol. The van der Waals surface area contributed by atoms with Crippen molar-refractivity contribution in [2.24, 2.45) is 0 Å². The summed E-state index contributed by atoms with van der Waals surface area (Å²) in [6.07, 6.45) is 3.70. The Hall–Kier alpha value is -2.89. The van der Waals surface area contributed by atoms with Crippen LogP contribution in [0.4, 0.5) is 0 Å². The minimum absolute atomic E-state index is 0.186. The van der Waals surface area contributed by atoms with E-state index in [2.05, 4.69) is 5.10 Å². The Labute approximate surface area is 139 Å². The lowest BCUT2D eigenvalue weighted by atomic mass is 10.1. The lowest BCUT2D eigenvalue weighted by Crippen LogP contribution is -2.20. The van der Waals surface area contributed by atoms with Crippen LogP contribution in [-0.4, -0.2) is 26.9 Å². The lowest BCUT2D eigenvalue weighted by molar-refractivity contribution is 0.0514. The van der Waals surface area contributed by atoms with Gasteiger partial charge in [0.25, 0.3) is 0 Å². The van der Waals surface area contributed by atoms with Crippen LogP contribution in [0.3, 0.4) is 0 Å². The summed E-state index contributed by atoms with van der Waals surface area (Å²) in [5, 5.41) is 4.84. The highest BCUT2D eigenvalue weighted by Crippen LogP contribution is 2.16. The number of para-hydroxylation sites is 1. The summed E-state index contributed by atoms with van der Waals surface area (Å²) in [6, 6.07) is 8.61. The van der Waals surface area contributed by atoms with Crippen LogP contribution in [0.15, 0.2) is 47.5 Å². The van der Waals surface area contributed by atoms with E-state index in [-0.39, 0.29) is 17.7 Å². The highest BCUT2D eigenvalue weighted by atomic mass is 16.5. The number of esters is 1. The smallest absolute Gasteiger partial charge is 0.355 e. The van der Waals surface area contributed by atoms with E-state index in [1.54, 1.807) is 19.2 Å². The van der Waals surface area contributed by atoms with Gasteiger partial charge in [0.1, 0.15) is 5.69 Å². The molecule has 0 radical (unpaired) electrons. The van der Waals surface area contributed by atoms with Crippen molar-refractivity contribution in [3.63, 3.8) is 0 Å². The molecule has 0 spiro atoms. The molecule has 2 heterocycles. The van der Waals surface area contributed by atoms with Crippen molar-refractivity contribution in [2.75, 3.05) is 6.61 Å². The van der Waals surface area contributed by atoms with Gasteiger partial charge in [-0.15, -0.1) is 0 Å². The molecule has 3 aromatic rings. The SMILES string of the molecule is CCOC(=O)c1cc(=O)c2ccccc2n1Cc1cnn(CC)c1. The fourth-order valence-corrected chi connectivity index (χ4v) is 2.72. The number of aryl methyl sites for hydroxylation is 1. The third-order valence-electron chi connectivity index (χ3n) is 3.85. The molecule has 6 nitrogen and oxygen atoms in total. The zero-order valence-corrected chi connectivity index (χ0v) is 13.7. The van der Waals surface area contributed by atoms with Crippen LogP contribution in [0.2, 0.25) is 0 Å². The maximum Gasteiger partial charge on any atom is 0.355 e. The third kappa shape index (κ3) is 2.95. The molecule has 0 aliphatic carbocycles. The van der Waals surface area contributed by atoms with Gasteiger partial charge in [-0.25, -0.2) is 4.79 Å². The van der Waals surface area contributed by atoms with E-state index < -0.39 is 5.97 Å². The van der Waals surface area contributed by atoms with E-state index in [1.807, 2.05) is 40.6 Å². The van der Waals surface area contributed by atoms with E-state index in [1.165, 1.54) is 6.07 Å². The standard InChI is InChI=1S/C18H19N3O3/c1-3-20-11-13(10-19-20)12-21-15-8-6-5-7-14(15)17(22)9-16(21)18(23)24-4-2/h5-11H,3-4,12H2,1-2H3. The Balaban J connectivity index is 2.17. The number of benzene rings is 1. The fourth-order valence-electron chi connectivity index (χ4n) is 2.72. The van der Waals surface area contributed by atoms with E-state index in [0.717, 1.165) is 12.1 Å². The fraction of sp³-hybridized carbons (Fsp3) is 0.278. The van der Waals surface area contributed by atoms with Gasteiger partial charge in [0.05, 0.1) is 24.9 Å². The molecule has 0 aliphatic rings. The molecule has 24 heavy (non-hydrogen) atoms. The third-order valence-corrected chi connectivity index (χ3v) is 3.85. The highest BCUT2D eigenvalue weighted by molar-refractivity contribution is 5.91. The number of rotatable bonds is 5. The molecule has 0 N–H and O–H groups in total. The predicted molar refractivity (Wildman–Crippen MR) is 91.2 cm³/mol. The van der Waals surface area contributed by atoms with E-state index in [0.29, 0.717) is 17.4 Å². The van der Waals surface area contributed by atoms with Gasteiger partial charge in [0.15, 0.2) is 5.43 Å². The number of hydrogen-bond donors (Lipinski definition) is 0. The van der Waals surface area contributed by atoms with Gasteiger partial charge < -0.3 is 9.30 Å². The number of aromatic nitrogens is 3. The van der Waals surface area contributed by atoms with Gasteiger partial charge in [-0.1, -0.05) is 12.1 Å². The van der Waals surface area contributed by atoms with Crippen molar-refractivity contribution >= 4 is 16.9 Å². The molecule has 0 saturated carbocycles. The van der Waals surface area contributed by atoms with Gasteiger partial charge in [-0.3, -0.25) is 9.48 Å². The van der Waals surface area contributed by atoms with Crippen LogP contribution >= 0.6 is 0 Å². The Kier molecular flexibility index (Phi) is 4.46. The topological polar surface area (TPSA) is 66.1 Å². The number of pyridine rings is 1. The summed E-state index contributed by atoms with van der Waals surface area (Å²) < 4.78 is 8.75. The van der Waals surface area contributed by atoms with Crippen LogP contribution in [0.1, 0.15) is 29.9 Å². The van der Waals surface area contributed by atoms with Crippen LogP contribution in [0.25, 0.3) is 10.9 Å². The average molecular weight is 325 g/mol. The van der Waals surface area contributed by atoms with Crippen molar-refractivity contribution in [3.8, 4) is 0 Å². The second kappa shape index (κ2) is 6.70. The molecule has 0 fully saturated rings. The molecule has 3 rings (SSSR count). The van der Waals surface area contributed by atoms with Crippen LogP contribution in [-0.2, 0) is 17.8 Å². The summed E-state index contributed by atoms with van der Waals surface area (Å²) in [5.74, 6) is -0.497. The second-order valence-corrected chi connectivity index (χ2v) is 5.42. The summed E-state index contributed by atoms with van der Waals surface area (Å²) in [4.78, 5) is 24.6. The van der Waals surface area contributed by atoms with Gasteiger partial charge in [0, 0.05) is 29.8 Å². The van der Waals surface area contributed by atoms with E-state index >= 15 is 0 Å². The van der Waals surface area contributed by atoms with Gasteiger partial charge in [-0.05, 0) is 26.0 Å². The summed E-state index contributed by atoms with van der Waals surface area (Å²) in [7, 11) is 0. The molecule has 2 aromatic heterocycles. The Morgan fingerprint density at radius 2 is 2.04 bits per heavy atom. The molecule has 0 saturated heterocycles. The first-order chi connectivity index (χ1) is 11.6. The van der Waals surface area contributed by atoms with Crippen molar-refractivity contribution in [2.45, 2.75) is 26.9 Å². The Morgan fingerprint density at radius 1 is 1.25 bits per heavy atom. The van der Waals surface area contributed by atoms with E-state index in [9.17, 15) is 9.59 Å². The first kappa shape index (κ1) is 16.0. The number of nitrogens with zero attached hydrogens (tertiary/aromatic N) is 3. The Bertz CT molecular complexity index is 940. The minimum atomic E-state index is -0.497. The summed E-state index contributed by atoms with van der Waals surface area (Å²) >= 11 is 0. The second-order valence-electron chi connectivity index (χ2n) is 5.42. The molecule has 6 heteroatoms. The largest absolute Gasteiger partial charge is 0.461 e. The molecule has 0 amide bonds. The maximum atomic E-state index is 12.3. The molecule has 0 bridgehead atoms. The summed E-state index contributed by atoms with van der Waals surface area (Å²) in [5.41, 5.74) is 1.73. The van der Waals surface area contributed by atoms with Gasteiger partial charge in [0.2, 0.25) is 0 Å². The lowest BCUT2D eigenvalue weighted by Gasteiger charge is -2.15. The van der Waals surface area contributed by atoms with Crippen LogP contribution in [0, 0.1) is 0 Å². The first-order valence-corrected chi connectivity index (χ1v) is 7.95. The average Bonchev–Trinajstić information content (AvgIpc) is 3.05. The van der Waals surface area contributed by atoms with Gasteiger partial charge in [-0.2, -0.15) is 5.10 Å². The number of fused-ring (bicyclic) bond motifs is 1. The van der Waals surface area contributed by atoms with E-state index in [4.69, 9.17) is 4.74 Å². The zero-order chi connectivity index (χ0) is 17.1. The van der Waals surface area contributed by atoms with Crippen LogP contribution < -0.4 is 5.43 Å². The quantitative estimate of drug-likeness (QED) is 0.676. The minimum Gasteiger partial charge on any atom is -0.461 e. The number of carbonyl (C=O) groups is 1. The molecule has 1 aromatic carbocycles. The molecular formula is C18H19N3O3. The van der Waals surface area contributed by atoms with Gasteiger partial charge >= 0.3 is 5.97 Å².